The molecule has 45 heavy (non-hydrogen) atoms. The standard InChI is InChI=1S/C34H44N6O5/c1-22-14-29(38-21-37-22)40(20-34(2,3)4)33(43)27-18-36-30(44-5)17-28(27)39-12-9-23(10-13-39)19-45-31-15-25(8-11-35-31)26(16-32(41)42)24-6-7-24/h8,11,14-15,17-18,21,23-24,26H,6-7,9-10,12-13,16,19-20H2,1-5H3,(H,41,42). The van der Waals surface area contributed by atoms with E-state index in [0.717, 1.165) is 55.7 Å². The van der Waals surface area contributed by atoms with Gasteiger partial charge in [0.2, 0.25) is 11.8 Å². The van der Waals surface area contributed by atoms with Gasteiger partial charge < -0.3 is 19.5 Å². The van der Waals surface area contributed by atoms with E-state index in [2.05, 4.69) is 45.6 Å². The third-order valence-electron chi connectivity index (χ3n) is 8.43. The van der Waals surface area contributed by atoms with Crippen molar-refractivity contribution < 1.29 is 24.2 Å². The summed E-state index contributed by atoms with van der Waals surface area (Å²) in [5.41, 5.74) is 2.89. The third-order valence-corrected chi connectivity index (χ3v) is 8.43. The fourth-order valence-corrected chi connectivity index (χ4v) is 5.95. The molecule has 0 radical (unpaired) electrons. The van der Waals surface area contributed by atoms with Crippen LogP contribution in [0.2, 0.25) is 0 Å². The zero-order chi connectivity index (χ0) is 32.1. The Morgan fingerprint density at radius 2 is 1.80 bits per heavy atom. The fourth-order valence-electron chi connectivity index (χ4n) is 5.95. The lowest BCUT2D eigenvalue weighted by atomic mass is 9.92. The minimum atomic E-state index is -0.777. The van der Waals surface area contributed by atoms with Gasteiger partial charge in [0.25, 0.3) is 5.91 Å². The highest BCUT2D eigenvalue weighted by molar-refractivity contribution is 6.09. The molecule has 11 heteroatoms. The highest BCUT2D eigenvalue weighted by atomic mass is 16.5. The third kappa shape index (κ3) is 8.46. The monoisotopic (exact) mass is 616 g/mol. The van der Waals surface area contributed by atoms with E-state index in [1.807, 2.05) is 31.2 Å². The molecule has 0 bridgehead atoms. The predicted molar refractivity (Wildman–Crippen MR) is 171 cm³/mol. The van der Waals surface area contributed by atoms with Gasteiger partial charge >= 0.3 is 5.97 Å². The molecule has 1 atom stereocenters. The van der Waals surface area contributed by atoms with Crippen molar-refractivity contribution in [3.63, 3.8) is 0 Å². The van der Waals surface area contributed by atoms with Crippen molar-refractivity contribution >= 4 is 23.4 Å². The molecule has 1 aliphatic carbocycles. The van der Waals surface area contributed by atoms with Gasteiger partial charge in [-0.05, 0) is 67.4 Å². The van der Waals surface area contributed by atoms with Gasteiger partial charge in [-0.25, -0.2) is 19.9 Å². The highest BCUT2D eigenvalue weighted by Gasteiger charge is 2.34. The van der Waals surface area contributed by atoms with Crippen LogP contribution in [0, 0.1) is 24.2 Å². The van der Waals surface area contributed by atoms with Crippen LogP contribution < -0.4 is 19.3 Å². The summed E-state index contributed by atoms with van der Waals surface area (Å²) in [4.78, 5) is 47.0. The number of carboxylic acids is 1. The first-order chi connectivity index (χ1) is 21.5. The second-order valence-electron chi connectivity index (χ2n) is 13.4. The Bertz CT molecular complexity index is 1500. The number of aliphatic carboxylic acids is 1. The summed E-state index contributed by atoms with van der Waals surface area (Å²) in [7, 11) is 1.57. The lowest BCUT2D eigenvalue weighted by Gasteiger charge is -2.35. The van der Waals surface area contributed by atoms with Crippen LogP contribution in [0.5, 0.6) is 11.8 Å². The first-order valence-corrected chi connectivity index (χ1v) is 15.7. The van der Waals surface area contributed by atoms with Crippen LogP contribution in [0.1, 0.15) is 80.4 Å². The first-order valence-electron chi connectivity index (χ1n) is 15.7. The van der Waals surface area contributed by atoms with Crippen molar-refractivity contribution in [2.75, 3.05) is 43.2 Å². The van der Waals surface area contributed by atoms with Gasteiger partial charge in [-0.2, -0.15) is 0 Å². The summed E-state index contributed by atoms with van der Waals surface area (Å²) in [5.74, 6) is 1.34. The largest absolute Gasteiger partial charge is 0.481 e. The molecule has 1 saturated carbocycles. The Morgan fingerprint density at radius 3 is 2.44 bits per heavy atom. The van der Waals surface area contributed by atoms with Crippen molar-refractivity contribution in [2.24, 2.45) is 17.3 Å². The lowest BCUT2D eigenvalue weighted by molar-refractivity contribution is -0.137. The number of pyridine rings is 2. The van der Waals surface area contributed by atoms with E-state index in [-0.39, 0.29) is 23.7 Å². The van der Waals surface area contributed by atoms with E-state index in [1.54, 1.807) is 24.4 Å². The molecule has 1 amide bonds. The number of carbonyl (C=O) groups excluding carboxylic acids is 1. The Labute approximate surface area is 265 Å². The predicted octanol–water partition coefficient (Wildman–Crippen LogP) is 5.54. The van der Waals surface area contributed by atoms with Gasteiger partial charge in [0.1, 0.15) is 12.1 Å². The molecule has 3 aromatic rings. The maximum absolute atomic E-state index is 14.2. The maximum Gasteiger partial charge on any atom is 0.303 e. The molecule has 5 rings (SSSR count). The topological polar surface area (TPSA) is 131 Å². The Kier molecular flexibility index (Phi) is 9.84. The van der Waals surface area contributed by atoms with E-state index >= 15 is 0 Å². The smallest absolute Gasteiger partial charge is 0.303 e. The Balaban J connectivity index is 1.28. The molecule has 0 aromatic carbocycles. The van der Waals surface area contributed by atoms with Crippen LogP contribution in [-0.2, 0) is 4.79 Å². The number of hydrogen-bond acceptors (Lipinski definition) is 9. The number of carbonyl (C=O) groups is 2. The van der Waals surface area contributed by atoms with Crippen LogP contribution in [0.4, 0.5) is 11.5 Å². The maximum atomic E-state index is 14.2. The van der Waals surface area contributed by atoms with Gasteiger partial charge in [0.05, 0.1) is 31.4 Å². The van der Waals surface area contributed by atoms with Crippen molar-refractivity contribution in [1.82, 2.24) is 19.9 Å². The molecular formula is C34H44N6O5. The van der Waals surface area contributed by atoms with Gasteiger partial charge in [0, 0.05) is 55.9 Å². The zero-order valence-corrected chi connectivity index (χ0v) is 26.9. The minimum absolute atomic E-state index is 0.00281. The Morgan fingerprint density at radius 1 is 1.04 bits per heavy atom. The van der Waals surface area contributed by atoms with Crippen LogP contribution in [0.25, 0.3) is 0 Å². The average molecular weight is 617 g/mol. The van der Waals surface area contributed by atoms with Crippen LogP contribution >= 0.6 is 0 Å². The molecule has 0 spiro atoms. The van der Waals surface area contributed by atoms with Crippen molar-refractivity contribution in [3.05, 3.63) is 59.8 Å². The van der Waals surface area contributed by atoms with Crippen molar-refractivity contribution in [1.29, 1.82) is 0 Å². The quantitative estimate of drug-likeness (QED) is 0.277. The van der Waals surface area contributed by atoms with E-state index in [9.17, 15) is 14.7 Å². The SMILES string of the molecule is COc1cc(N2CCC(COc3cc(C(CC(=O)O)C4CC4)ccn3)CC2)c(C(=O)N(CC(C)(C)C)c2cc(C)ncn2)cn1. The summed E-state index contributed by atoms with van der Waals surface area (Å²) in [6.07, 6.45) is 8.82. The number of aromatic nitrogens is 4. The molecule has 2 aliphatic rings. The molecule has 1 saturated heterocycles. The van der Waals surface area contributed by atoms with Crippen LogP contribution in [-0.4, -0.2) is 70.3 Å². The normalized spacial score (nSPS) is 16.2. The zero-order valence-electron chi connectivity index (χ0n) is 26.9. The van der Waals surface area contributed by atoms with E-state index < -0.39 is 5.97 Å². The number of anilines is 2. The van der Waals surface area contributed by atoms with Crippen LogP contribution in [0.3, 0.4) is 0 Å². The van der Waals surface area contributed by atoms with Crippen molar-refractivity contribution in [2.45, 2.75) is 65.7 Å². The number of amides is 1. The summed E-state index contributed by atoms with van der Waals surface area (Å²) in [6.45, 7) is 10.6. The molecule has 1 N–H and O–H groups in total. The molecular weight excluding hydrogens is 572 g/mol. The van der Waals surface area contributed by atoms with E-state index in [1.165, 1.54) is 6.33 Å². The molecule has 1 unspecified atom stereocenters. The number of hydrogen-bond donors (Lipinski definition) is 1. The fraction of sp³-hybridized carbons (Fsp3) is 0.529. The minimum Gasteiger partial charge on any atom is -0.481 e. The first kappa shape index (κ1) is 32.1. The van der Waals surface area contributed by atoms with E-state index in [0.29, 0.717) is 48.1 Å². The van der Waals surface area contributed by atoms with Gasteiger partial charge in [-0.15, -0.1) is 0 Å². The molecule has 1 aliphatic heterocycles. The molecule has 4 heterocycles. The number of piperidine rings is 1. The van der Waals surface area contributed by atoms with E-state index in [4.69, 9.17) is 9.47 Å². The number of methoxy groups -OCH3 is 1. The molecule has 240 valence electrons. The molecule has 2 fully saturated rings. The lowest BCUT2D eigenvalue weighted by Crippen LogP contribution is -2.41. The average Bonchev–Trinajstić information content (AvgIpc) is 3.86. The number of nitrogens with zero attached hydrogens (tertiary/aromatic N) is 6. The summed E-state index contributed by atoms with van der Waals surface area (Å²) in [5, 5.41) is 9.39. The summed E-state index contributed by atoms with van der Waals surface area (Å²) < 4.78 is 11.6. The number of carboxylic acid groups (broad SMARTS) is 1. The van der Waals surface area contributed by atoms with Gasteiger partial charge in [-0.1, -0.05) is 20.8 Å². The summed E-state index contributed by atoms with van der Waals surface area (Å²) >= 11 is 0. The number of rotatable bonds is 12. The molecule has 11 nitrogen and oxygen atoms in total. The molecule has 3 aromatic heterocycles. The highest BCUT2D eigenvalue weighted by Crippen LogP contribution is 2.45. The number of ether oxygens (including phenoxy) is 2. The second kappa shape index (κ2) is 13.8. The second-order valence-corrected chi connectivity index (χ2v) is 13.4. The Hall–Kier alpha value is -4.28. The van der Waals surface area contributed by atoms with Gasteiger partial charge in [0.15, 0.2) is 0 Å². The number of aryl methyl sites for hydroxylation is 1. The summed E-state index contributed by atoms with van der Waals surface area (Å²) in [6, 6.07) is 7.49. The van der Waals surface area contributed by atoms with Gasteiger partial charge in [-0.3, -0.25) is 14.5 Å². The van der Waals surface area contributed by atoms with Crippen LogP contribution in [0.15, 0.2) is 43.0 Å². The van der Waals surface area contributed by atoms with Crippen molar-refractivity contribution in [3.8, 4) is 11.8 Å².